The molecule has 0 aromatic carbocycles. The quantitative estimate of drug-likeness (QED) is 0.798. The molecule has 2 N–H and O–H groups in total. The number of nitrogens with one attached hydrogen (secondary N) is 1. The van der Waals surface area contributed by atoms with Gasteiger partial charge in [0.15, 0.2) is 0 Å². The van der Waals surface area contributed by atoms with Crippen molar-refractivity contribution < 1.29 is 9.90 Å². The highest BCUT2D eigenvalue weighted by molar-refractivity contribution is 5.81. The minimum Gasteiger partial charge on any atom is -0.396 e. The molecule has 2 unspecified atom stereocenters. The van der Waals surface area contributed by atoms with E-state index in [4.69, 9.17) is 5.11 Å². The molecular formula is C15H30N2O2. The van der Waals surface area contributed by atoms with Gasteiger partial charge < -0.3 is 15.3 Å². The molecule has 0 aromatic heterocycles. The Hall–Kier alpha value is -0.610. The largest absolute Gasteiger partial charge is 0.396 e. The number of piperidine rings is 1. The monoisotopic (exact) mass is 270 g/mol. The van der Waals surface area contributed by atoms with Crippen molar-refractivity contribution in [2.45, 2.75) is 53.0 Å². The predicted octanol–water partition coefficient (Wildman–Crippen LogP) is 1.63. The number of likely N-dealkylation sites (tertiary alicyclic amines) is 1. The molecule has 1 rings (SSSR count). The molecule has 0 bridgehead atoms. The molecule has 1 saturated heterocycles. The first kappa shape index (κ1) is 16.4. The lowest BCUT2D eigenvalue weighted by Crippen LogP contribution is -2.52. The van der Waals surface area contributed by atoms with Crippen LogP contribution in [0.25, 0.3) is 0 Å². The van der Waals surface area contributed by atoms with Gasteiger partial charge in [-0.1, -0.05) is 27.7 Å². The number of hydrogen-bond donors (Lipinski definition) is 2. The highest BCUT2D eigenvalue weighted by Crippen LogP contribution is 2.22. The van der Waals surface area contributed by atoms with E-state index in [-0.39, 0.29) is 24.0 Å². The van der Waals surface area contributed by atoms with Crippen LogP contribution in [0.1, 0.15) is 47.0 Å². The minimum atomic E-state index is -0.324. The maximum atomic E-state index is 12.1. The smallest absolute Gasteiger partial charge is 0.225 e. The number of hydrogen-bond acceptors (Lipinski definition) is 3. The van der Waals surface area contributed by atoms with Crippen molar-refractivity contribution in [1.82, 2.24) is 10.2 Å². The SMILES string of the molecule is CCN1CC(CCCO)CC(NC(=O)C(C)(C)C)C1. The van der Waals surface area contributed by atoms with Crippen LogP contribution < -0.4 is 5.32 Å². The second-order valence-electron chi connectivity index (χ2n) is 6.74. The van der Waals surface area contributed by atoms with Crippen LogP contribution in [-0.4, -0.2) is 48.2 Å². The number of aliphatic hydroxyl groups is 1. The number of amides is 1. The summed E-state index contributed by atoms with van der Waals surface area (Å²) in [6.45, 7) is 11.4. The average molecular weight is 270 g/mol. The van der Waals surface area contributed by atoms with Crippen LogP contribution in [0.3, 0.4) is 0 Å². The van der Waals surface area contributed by atoms with Crippen molar-refractivity contribution in [3.05, 3.63) is 0 Å². The van der Waals surface area contributed by atoms with Gasteiger partial charge in [-0.3, -0.25) is 4.79 Å². The van der Waals surface area contributed by atoms with Crippen molar-refractivity contribution in [2.24, 2.45) is 11.3 Å². The lowest BCUT2D eigenvalue weighted by molar-refractivity contribution is -0.129. The van der Waals surface area contributed by atoms with Crippen LogP contribution in [0.5, 0.6) is 0 Å². The minimum absolute atomic E-state index is 0.136. The Labute approximate surface area is 117 Å². The van der Waals surface area contributed by atoms with Gasteiger partial charge in [-0.25, -0.2) is 0 Å². The van der Waals surface area contributed by atoms with Gasteiger partial charge in [0, 0.05) is 31.2 Å². The van der Waals surface area contributed by atoms with Gasteiger partial charge in [-0.2, -0.15) is 0 Å². The van der Waals surface area contributed by atoms with E-state index >= 15 is 0 Å². The van der Waals surface area contributed by atoms with Crippen molar-refractivity contribution in [2.75, 3.05) is 26.2 Å². The van der Waals surface area contributed by atoms with Gasteiger partial charge in [0.25, 0.3) is 0 Å². The molecule has 4 heteroatoms. The van der Waals surface area contributed by atoms with Gasteiger partial charge in [0.05, 0.1) is 0 Å². The average Bonchev–Trinajstić information content (AvgIpc) is 2.34. The Balaban J connectivity index is 2.54. The first-order chi connectivity index (χ1) is 8.86. The van der Waals surface area contributed by atoms with Gasteiger partial charge in [-0.05, 0) is 31.7 Å². The van der Waals surface area contributed by atoms with Gasteiger partial charge in [0.1, 0.15) is 0 Å². The summed E-state index contributed by atoms with van der Waals surface area (Å²) in [5, 5.41) is 12.1. The maximum Gasteiger partial charge on any atom is 0.225 e. The van der Waals surface area contributed by atoms with Crippen LogP contribution in [-0.2, 0) is 4.79 Å². The van der Waals surface area contributed by atoms with Gasteiger partial charge in [0.2, 0.25) is 5.91 Å². The molecule has 112 valence electrons. The maximum absolute atomic E-state index is 12.1. The van der Waals surface area contributed by atoms with Crippen molar-refractivity contribution in [3.63, 3.8) is 0 Å². The standard InChI is InChI=1S/C15H30N2O2/c1-5-17-10-12(7-6-8-18)9-13(11-17)16-14(19)15(2,3)4/h12-13,18H,5-11H2,1-4H3,(H,16,19). The van der Waals surface area contributed by atoms with Gasteiger partial charge in [-0.15, -0.1) is 0 Å². The van der Waals surface area contributed by atoms with E-state index in [9.17, 15) is 4.79 Å². The molecule has 0 saturated carbocycles. The van der Waals surface area contributed by atoms with E-state index in [1.54, 1.807) is 0 Å². The Kier molecular flexibility index (Phi) is 6.27. The number of likely N-dealkylation sites (N-methyl/N-ethyl adjacent to an activating group) is 1. The van der Waals surface area contributed by atoms with Crippen LogP contribution in [0, 0.1) is 11.3 Å². The third kappa shape index (κ3) is 5.49. The molecule has 2 atom stereocenters. The zero-order chi connectivity index (χ0) is 14.5. The Morgan fingerprint density at radius 1 is 1.37 bits per heavy atom. The Bertz CT molecular complexity index is 286. The summed E-state index contributed by atoms with van der Waals surface area (Å²) in [5.41, 5.74) is -0.324. The summed E-state index contributed by atoms with van der Waals surface area (Å²) in [4.78, 5) is 14.5. The first-order valence-electron chi connectivity index (χ1n) is 7.51. The summed E-state index contributed by atoms with van der Waals surface area (Å²) in [6, 6.07) is 0.254. The molecule has 1 fully saturated rings. The fourth-order valence-corrected chi connectivity index (χ4v) is 2.66. The molecule has 0 aromatic rings. The van der Waals surface area contributed by atoms with Crippen molar-refractivity contribution >= 4 is 5.91 Å². The molecular weight excluding hydrogens is 240 g/mol. The number of rotatable bonds is 5. The number of aliphatic hydroxyl groups excluding tert-OH is 1. The summed E-state index contributed by atoms with van der Waals surface area (Å²) < 4.78 is 0. The third-order valence-corrected chi connectivity index (χ3v) is 3.85. The predicted molar refractivity (Wildman–Crippen MR) is 77.9 cm³/mol. The fraction of sp³-hybridized carbons (Fsp3) is 0.933. The van der Waals surface area contributed by atoms with Crippen molar-refractivity contribution in [3.8, 4) is 0 Å². The van der Waals surface area contributed by atoms with Gasteiger partial charge >= 0.3 is 0 Å². The lowest BCUT2D eigenvalue weighted by atomic mass is 9.89. The second kappa shape index (κ2) is 7.25. The first-order valence-corrected chi connectivity index (χ1v) is 7.51. The number of carbonyl (C=O) groups is 1. The van der Waals surface area contributed by atoms with E-state index < -0.39 is 0 Å². The van der Waals surface area contributed by atoms with Crippen LogP contribution in [0.2, 0.25) is 0 Å². The van der Waals surface area contributed by atoms with E-state index in [1.165, 1.54) is 0 Å². The molecule has 4 nitrogen and oxygen atoms in total. The number of nitrogens with zero attached hydrogens (tertiary/aromatic N) is 1. The van der Waals surface area contributed by atoms with E-state index in [0.717, 1.165) is 38.9 Å². The molecule has 1 amide bonds. The summed E-state index contributed by atoms with van der Waals surface area (Å²) in [5.74, 6) is 0.725. The molecule has 1 heterocycles. The highest BCUT2D eigenvalue weighted by atomic mass is 16.2. The molecule has 1 aliphatic heterocycles. The zero-order valence-electron chi connectivity index (χ0n) is 12.9. The van der Waals surface area contributed by atoms with Crippen LogP contribution in [0.15, 0.2) is 0 Å². The fourth-order valence-electron chi connectivity index (χ4n) is 2.66. The molecule has 19 heavy (non-hydrogen) atoms. The number of carbonyl (C=O) groups excluding carboxylic acids is 1. The summed E-state index contributed by atoms with van der Waals surface area (Å²) in [7, 11) is 0. The third-order valence-electron chi connectivity index (χ3n) is 3.85. The van der Waals surface area contributed by atoms with E-state index in [1.807, 2.05) is 20.8 Å². The summed E-state index contributed by atoms with van der Waals surface area (Å²) >= 11 is 0. The van der Waals surface area contributed by atoms with Crippen molar-refractivity contribution in [1.29, 1.82) is 0 Å². The Morgan fingerprint density at radius 2 is 2.05 bits per heavy atom. The molecule has 0 radical (unpaired) electrons. The molecule has 0 aliphatic carbocycles. The normalized spacial score (nSPS) is 25.3. The summed E-state index contributed by atoms with van der Waals surface area (Å²) in [6.07, 6.45) is 2.95. The second-order valence-corrected chi connectivity index (χ2v) is 6.74. The lowest BCUT2D eigenvalue weighted by Gasteiger charge is -2.38. The van der Waals surface area contributed by atoms with E-state index in [0.29, 0.717) is 5.92 Å². The molecule has 0 spiro atoms. The highest BCUT2D eigenvalue weighted by Gasteiger charge is 2.30. The Morgan fingerprint density at radius 3 is 2.58 bits per heavy atom. The van der Waals surface area contributed by atoms with Crippen LogP contribution in [0.4, 0.5) is 0 Å². The van der Waals surface area contributed by atoms with E-state index in [2.05, 4.69) is 17.1 Å². The topological polar surface area (TPSA) is 52.6 Å². The zero-order valence-corrected chi connectivity index (χ0v) is 12.9. The van der Waals surface area contributed by atoms with Crippen LogP contribution >= 0.6 is 0 Å². The molecule has 1 aliphatic rings.